The number of carbonyl (C=O) groups excluding carboxylic acids is 1. The summed E-state index contributed by atoms with van der Waals surface area (Å²) in [6.45, 7) is 7.86. The Morgan fingerprint density at radius 3 is 2.56 bits per heavy atom. The summed E-state index contributed by atoms with van der Waals surface area (Å²) in [7, 11) is 0. The van der Waals surface area contributed by atoms with Gasteiger partial charge >= 0.3 is 6.09 Å². The molecule has 0 radical (unpaired) electrons. The quantitative estimate of drug-likeness (QED) is 0.589. The van der Waals surface area contributed by atoms with E-state index in [0.29, 0.717) is 5.92 Å². The molecule has 1 unspecified atom stereocenters. The maximum absolute atomic E-state index is 12.3. The van der Waals surface area contributed by atoms with Crippen LogP contribution in [0.4, 0.5) is 4.79 Å². The molecule has 0 saturated heterocycles. The molecule has 142 valence electrons. The number of benzene rings is 2. The Bertz CT molecular complexity index is 907. The molecule has 3 aromatic rings. The summed E-state index contributed by atoms with van der Waals surface area (Å²) < 4.78 is 6.75. The van der Waals surface area contributed by atoms with Crippen molar-refractivity contribution in [2.75, 3.05) is 0 Å². The van der Waals surface area contributed by atoms with Crippen LogP contribution in [0, 0.1) is 5.92 Å². The molecule has 0 spiro atoms. The van der Waals surface area contributed by atoms with Crippen LogP contribution in [0.15, 0.2) is 54.7 Å². The van der Waals surface area contributed by atoms with Crippen molar-refractivity contribution in [1.82, 2.24) is 9.78 Å². The number of aryl methyl sites for hydroxylation is 1. The standard InChI is InChI=1S/C23H28N2O2/c1-17(14-18-8-6-5-7-9-18)10-11-19-12-13-21-20(15-19)16-24-25(21)22(26)27-23(2,3)4/h5-9,12-13,15-17H,10-11,14H2,1-4H3. The van der Waals surface area contributed by atoms with E-state index in [9.17, 15) is 4.79 Å². The second-order valence-electron chi connectivity index (χ2n) is 8.26. The molecule has 0 bridgehead atoms. The number of ether oxygens (including phenoxy) is 1. The highest BCUT2D eigenvalue weighted by Gasteiger charge is 2.20. The molecule has 0 amide bonds. The summed E-state index contributed by atoms with van der Waals surface area (Å²) in [5, 5.41) is 5.18. The summed E-state index contributed by atoms with van der Waals surface area (Å²) >= 11 is 0. The molecule has 27 heavy (non-hydrogen) atoms. The van der Waals surface area contributed by atoms with Gasteiger partial charge in [-0.05, 0) is 69.2 Å². The van der Waals surface area contributed by atoms with Gasteiger partial charge in [0.25, 0.3) is 0 Å². The van der Waals surface area contributed by atoms with Crippen LogP contribution in [-0.4, -0.2) is 21.5 Å². The Hall–Kier alpha value is -2.62. The average molecular weight is 364 g/mol. The highest BCUT2D eigenvalue weighted by molar-refractivity contribution is 5.88. The van der Waals surface area contributed by atoms with Crippen molar-refractivity contribution in [2.45, 2.75) is 52.6 Å². The fraction of sp³-hybridized carbons (Fsp3) is 0.391. The number of hydrogen-bond donors (Lipinski definition) is 0. The topological polar surface area (TPSA) is 44.1 Å². The second kappa shape index (κ2) is 7.95. The molecule has 4 nitrogen and oxygen atoms in total. The second-order valence-corrected chi connectivity index (χ2v) is 8.26. The predicted molar refractivity (Wildman–Crippen MR) is 109 cm³/mol. The van der Waals surface area contributed by atoms with Gasteiger partial charge < -0.3 is 4.74 Å². The molecular formula is C23H28N2O2. The first-order valence-corrected chi connectivity index (χ1v) is 9.56. The van der Waals surface area contributed by atoms with Gasteiger partial charge in [-0.15, -0.1) is 0 Å². The van der Waals surface area contributed by atoms with Crippen molar-refractivity contribution >= 4 is 17.0 Å². The Balaban J connectivity index is 1.64. The van der Waals surface area contributed by atoms with Crippen LogP contribution in [0.1, 0.15) is 45.2 Å². The lowest BCUT2D eigenvalue weighted by atomic mass is 9.94. The monoisotopic (exact) mass is 364 g/mol. The van der Waals surface area contributed by atoms with E-state index in [4.69, 9.17) is 4.74 Å². The van der Waals surface area contributed by atoms with Crippen molar-refractivity contribution in [3.8, 4) is 0 Å². The average Bonchev–Trinajstić information content (AvgIpc) is 3.03. The zero-order valence-electron chi connectivity index (χ0n) is 16.6. The third-order valence-electron chi connectivity index (χ3n) is 4.55. The van der Waals surface area contributed by atoms with Gasteiger partial charge in [0.1, 0.15) is 5.60 Å². The summed E-state index contributed by atoms with van der Waals surface area (Å²) in [4.78, 5) is 12.3. The van der Waals surface area contributed by atoms with E-state index < -0.39 is 11.7 Å². The van der Waals surface area contributed by atoms with E-state index in [0.717, 1.165) is 30.2 Å². The Morgan fingerprint density at radius 2 is 1.85 bits per heavy atom. The molecule has 2 aromatic carbocycles. The summed E-state index contributed by atoms with van der Waals surface area (Å²) in [5.74, 6) is 0.618. The molecule has 0 fully saturated rings. The number of fused-ring (bicyclic) bond motifs is 1. The van der Waals surface area contributed by atoms with Crippen molar-refractivity contribution in [3.63, 3.8) is 0 Å². The largest absolute Gasteiger partial charge is 0.442 e. The van der Waals surface area contributed by atoms with Crippen LogP contribution in [0.25, 0.3) is 10.9 Å². The number of hydrogen-bond acceptors (Lipinski definition) is 3. The number of aromatic nitrogens is 2. The van der Waals surface area contributed by atoms with Crippen molar-refractivity contribution < 1.29 is 9.53 Å². The molecule has 1 heterocycles. The summed E-state index contributed by atoms with van der Waals surface area (Å²) in [6, 6.07) is 16.8. The first kappa shape index (κ1) is 19.2. The molecule has 0 aliphatic heterocycles. The van der Waals surface area contributed by atoms with Gasteiger partial charge in [-0.25, -0.2) is 4.79 Å². The fourth-order valence-corrected chi connectivity index (χ4v) is 3.22. The molecule has 3 rings (SSSR count). The number of rotatable bonds is 5. The zero-order chi connectivity index (χ0) is 19.4. The van der Waals surface area contributed by atoms with Crippen LogP contribution >= 0.6 is 0 Å². The molecule has 0 aliphatic rings. The van der Waals surface area contributed by atoms with E-state index in [2.05, 4.69) is 54.5 Å². The lowest BCUT2D eigenvalue weighted by Crippen LogP contribution is -2.27. The van der Waals surface area contributed by atoms with Crippen molar-refractivity contribution in [2.24, 2.45) is 5.92 Å². The van der Waals surface area contributed by atoms with Gasteiger partial charge in [0.05, 0.1) is 11.7 Å². The van der Waals surface area contributed by atoms with Crippen LogP contribution in [0.5, 0.6) is 0 Å². The molecule has 0 saturated carbocycles. The first-order valence-electron chi connectivity index (χ1n) is 9.56. The Kier molecular flexibility index (Phi) is 5.64. The van der Waals surface area contributed by atoms with Crippen molar-refractivity contribution in [1.29, 1.82) is 0 Å². The Morgan fingerprint density at radius 1 is 1.11 bits per heavy atom. The van der Waals surface area contributed by atoms with Gasteiger partial charge in [0, 0.05) is 5.39 Å². The molecule has 1 atom stereocenters. The van der Waals surface area contributed by atoms with Crippen LogP contribution in [0.3, 0.4) is 0 Å². The smallest absolute Gasteiger partial charge is 0.435 e. The van der Waals surface area contributed by atoms with E-state index in [1.165, 1.54) is 15.8 Å². The van der Waals surface area contributed by atoms with Gasteiger partial charge in [0.2, 0.25) is 0 Å². The minimum absolute atomic E-state index is 0.443. The molecule has 1 aromatic heterocycles. The molecule has 0 N–H and O–H groups in total. The van der Waals surface area contributed by atoms with E-state index in [-0.39, 0.29) is 0 Å². The highest BCUT2D eigenvalue weighted by Crippen LogP contribution is 2.20. The third-order valence-corrected chi connectivity index (χ3v) is 4.55. The summed E-state index contributed by atoms with van der Waals surface area (Å²) in [5.41, 5.74) is 2.90. The maximum Gasteiger partial charge on any atom is 0.435 e. The number of nitrogens with zero attached hydrogens (tertiary/aromatic N) is 2. The van der Waals surface area contributed by atoms with Gasteiger partial charge in [-0.1, -0.05) is 43.3 Å². The lowest BCUT2D eigenvalue weighted by molar-refractivity contribution is 0.0522. The predicted octanol–water partition coefficient (Wildman–Crippen LogP) is 5.63. The zero-order valence-corrected chi connectivity index (χ0v) is 16.6. The molecule has 4 heteroatoms. The van der Waals surface area contributed by atoms with Gasteiger partial charge in [-0.2, -0.15) is 9.78 Å². The van der Waals surface area contributed by atoms with Crippen LogP contribution in [0.2, 0.25) is 0 Å². The van der Waals surface area contributed by atoms with Crippen LogP contribution < -0.4 is 0 Å². The van der Waals surface area contributed by atoms with Gasteiger partial charge in [0.15, 0.2) is 0 Å². The van der Waals surface area contributed by atoms with Crippen molar-refractivity contribution in [3.05, 3.63) is 65.9 Å². The first-order chi connectivity index (χ1) is 12.8. The SMILES string of the molecule is CC(CCc1ccc2c(cnn2C(=O)OC(C)(C)C)c1)Cc1ccccc1. The molecular weight excluding hydrogens is 336 g/mol. The summed E-state index contributed by atoms with van der Waals surface area (Å²) in [6.07, 6.45) is 4.53. The number of carbonyl (C=O) groups is 1. The van der Waals surface area contributed by atoms with E-state index in [1.54, 1.807) is 6.20 Å². The third kappa shape index (κ3) is 5.19. The lowest BCUT2D eigenvalue weighted by Gasteiger charge is -2.19. The maximum atomic E-state index is 12.3. The normalized spacial score (nSPS) is 12.9. The molecule has 0 aliphatic carbocycles. The van der Waals surface area contributed by atoms with Crippen LogP contribution in [-0.2, 0) is 17.6 Å². The fourth-order valence-electron chi connectivity index (χ4n) is 3.22. The van der Waals surface area contributed by atoms with E-state index >= 15 is 0 Å². The minimum Gasteiger partial charge on any atom is -0.442 e. The highest BCUT2D eigenvalue weighted by atomic mass is 16.6. The Labute approximate surface area is 161 Å². The minimum atomic E-state index is -0.538. The van der Waals surface area contributed by atoms with Gasteiger partial charge in [-0.3, -0.25) is 0 Å². The van der Waals surface area contributed by atoms with E-state index in [1.807, 2.05) is 26.8 Å².